The average Bonchev–Trinajstić information content (AvgIpc) is 2.94. The highest BCUT2D eigenvalue weighted by molar-refractivity contribution is 5.48. The third-order valence-electron chi connectivity index (χ3n) is 4.15. The molecule has 2 aliphatic heterocycles. The van der Waals surface area contributed by atoms with Gasteiger partial charge in [0.25, 0.3) is 0 Å². The second kappa shape index (κ2) is 5.29. The first-order chi connectivity index (χ1) is 8.84. The summed E-state index contributed by atoms with van der Waals surface area (Å²) in [5.74, 6) is 0. The number of morpholine rings is 1. The van der Waals surface area contributed by atoms with E-state index in [0.29, 0.717) is 6.04 Å². The molecule has 3 rings (SSSR count). The molecule has 1 atom stereocenters. The molecule has 18 heavy (non-hydrogen) atoms. The zero-order valence-electron chi connectivity index (χ0n) is 11.1. The molecule has 1 unspecified atom stereocenters. The number of hydrogen-bond acceptors (Lipinski definition) is 3. The van der Waals surface area contributed by atoms with Gasteiger partial charge in [-0.15, -0.1) is 0 Å². The Kier molecular flexibility index (Phi) is 3.52. The van der Waals surface area contributed by atoms with E-state index in [-0.39, 0.29) is 0 Å². The van der Waals surface area contributed by atoms with Gasteiger partial charge >= 0.3 is 0 Å². The minimum absolute atomic E-state index is 0.423. The molecular formula is C15H22N2O. The second-order valence-electron chi connectivity index (χ2n) is 5.36. The van der Waals surface area contributed by atoms with Crippen LogP contribution in [0.4, 0.5) is 5.69 Å². The quantitative estimate of drug-likeness (QED) is 0.796. The largest absolute Gasteiger partial charge is 0.378 e. The van der Waals surface area contributed by atoms with Crippen LogP contribution in [0.3, 0.4) is 0 Å². The van der Waals surface area contributed by atoms with Crippen molar-refractivity contribution >= 4 is 5.69 Å². The Hall–Kier alpha value is -1.06. The predicted octanol–water partition coefficient (Wildman–Crippen LogP) is 2.29. The van der Waals surface area contributed by atoms with Gasteiger partial charge in [0.2, 0.25) is 0 Å². The lowest BCUT2D eigenvalue weighted by Crippen LogP contribution is -2.36. The Morgan fingerprint density at radius 3 is 2.44 bits per heavy atom. The summed E-state index contributed by atoms with van der Waals surface area (Å²) in [5.41, 5.74) is 2.75. The number of anilines is 1. The van der Waals surface area contributed by atoms with E-state index in [1.54, 1.807) is 0 Å². The summed E-state index contributed by atoms with van der Waals surface area (Å²) >= 11 is 0. The van der Waals surface area contributed by atoms with E-state index in [2.05, 4.69) is 41.1 Å². The van der Waals surface area contributed by atoms with E-state index >= 15 is 0 Å². The fraction of sp³-hybridized carbons (Fsp3) is 0.600. The fourth-order valence-corrected chi connectivity index (χ4v) is 2.92. The van der Waals surface area contributed by atoms with Gasteiger partial charge in [-0.05, 0) is 37.6 Å². The Balaban J connectivity index is 1.73. The minimum atomic E-state index is 0.423. The Morgan fingerprint density at radius 1 is 1.06 bits per heavy atom. The summed E-state index contributed by atoms with van der Waals surface area (Å²) < 4.78 is 5.58. The molecule has 0 bridgehead atoms. The van der Waals surface area contributed by atoms with Gasteiger partial charge < -0.3 is 9.64 Å². The molecule has 1 aromatic carbocycles. The van der Waals surface area contributed by atoms with Crippen LogP contribution < -0.4 is 4.90 Å². The smallest absolute Gasteiger partial charge is 0.0664 e. The maximum Gasteiger partial charge on any atom is 0.0664 e. The monoisotopic (exact) mass is 246 g/mol. The number of rotatable bonds is 2. The minimum Gasteiger partial charge on any atom is -0.378 e. The van der Waals surface area contributed by atoms with Crippen LogP contribution in [0.25, 0.3) is 0 Å². The zero-order valence-corrected chi connectivity index (χ0v) is 11.1. The fourth-order valence-electron chi connectivity index (χ4n) is 2.92. The predicted molar refractivity (Wildman–Crippen MR) is 74.1 cm³/mol. The normalized spacial score (nSPS) is 25.6. The van der Waals surface area contributed by atoms with E-state index in [1.807, 2.05) is 0 Å². The van der Waals surface area contributed by atoms with Crippen molar-refractivity contribution in [2.75, 3.05) is 44.8 Å². The molecule has 0 spiro atoms. The first kappa shape index (κ1) is 12.0. The van der Waals surface area contributed by atoms with Gasteiger partial charge in [0.1, 0.15) is 0 Å². The van der Waals surface area contributed by atoms with Crippen molar-refractivity contribution in [2.45, 2.75) is 18.9 Å². The van der Waals surface area contributed by atoms with Gasteiger partial charge in [-0.2, -0.15) is 0 Å². The molecule has 0 amide bonds. The van der Waals surface area contributed by atoms with E-state index in [1.165, 1.54) is 37.2 Å². The highest BCUT2D eigenvalue weighted by atomic mass is 16.5. The Labute approximate surface area is 109 Å². The lowest BCUT2D eigenvalue weighted by molar-refractivity contribution is 0.00506. The van der Waals surface area contributed by atoms with Crippen molar-refractivity contribution in [3.05, 3.63) is 29.8 Å². The SMILES string of the molecule is CN1CCOCC1c1ccc(N2CCCC2)cc1. The summed E-state index contributed by atoms with van der Waals surface area (Å²) in [5, 5.41) is 0. The topological polar surface area (TPSA) is 15.7 Å². The highest BCUT2D eigenvalue weighted by Gasteiger charge is 2.21. The summed E-state index contributed by atoms with van der Waals surface area (Å²) in [4.78, 5) is 4.86. The molecule has 3 heteroatoms. The molecule has 1 aromatic rings. The molecule has 0 aliphatic carbocycles. The number of ether oxygens (including phenoxy) is 1. The lowest BCUT2D eigenvalue weighted by Gasteiger charge is -2.33. The lowest BCUT2D eigenvalue weighted by atomic mass is 10.0. The maximum atomic E-state index is 5.58. The van der Waals surface area contributed by atoms with Crippen LogP contribution in [0.1, 0.15) is 24.4 Å². The molecule has 2 saturated heterocycles. The zero-order chi connectivity index (χ0) is 12.4. The first-order valence-corrected chi connectivity index (χ1v) is 6.97. The van der Waals surface area contributed by atoms with Gasteiger partial charge in [-0.25, -0.2) is 0 Å². The number of likely N-dealkylation sites (N-methyl/N-ethyl adjacent to an activating group) is 1. The number of nitrogens with zero attached hydrogens (tertiary/aromatic N) is 2. The molecule has 2 heterocycles. The molecular weight excluding hydrogens is 224 g/mol. The molecule has 0 N–H and O–H groups in total. The molecule has 0 saturated carbocycles. The van der Waals surface area contributed by atoms with Crippen molar-refractivity contribution in [1.82, 2.24) is 4.90 Å². The van der Waals surface area contributed by atoms with Crippen LogP contribution in [-0.2, 0) is 4.74 Å². The highest BCUT2D eigenvalue weighted by Crippen LogP contribution is 2.26. The van der Waals surface area contributed by atoms with Crippen LogP contribution in [0.5, 0.6) is 0 Å². The van der Waals surface area contributed by atoms with E-state index in [4.69, 9.17) is 4.74 Å². The standard InChI is InChI=1S/C15H22N2O/c1-16-10-11-18-12-15(16)13-4-6-14(7-5-13)17-8-2-3-9-17/h4-7,15H,2-3,8-12H2,1H3. The van der Waals surface area contributed by atoms with Crippen LogP contribution in [0.2, 0.25) is 0 Å². The van der Waals surface area contributed by atoms with Crippen molar-refractivity contribution in [2.24, 2.45) is 0 Å². The number of benzene rings is 1. The molecule has 3 nitrogen and oxygen atoms in total. The van der Waals surface area contributed by atoms with Gasteiger partial charge in [0, 0.05) is 25.3 Å². The van der Waals surface area contributed by atoms with Crippen LogP contribution in [0.15, 0.2) is 24.3 Å². The van der Waals surface area contributed by atoms with Crippen molar-refractivity contribution in [1.29, 1.82) is 0 Å². The van der Waals surface area contributed by atoms with E-state index in [0.717, 1.165) is 19.8 Å². The summed E-state index contributed by atoms with van der Waals surface area (Å²) in [7, 11) is 2.18. The number of hydrogen-bond donors (Lipinski definition) is 0. The van der Waals surface area contributed by atoms with Gasteiger partial charge in [-0.3, -0.25) is 4.90 Å². The summed E-state index contributed by atoms with van der Waals surface area (Å²) in [6.45, 7) is 5.13. The Morgan fingerprint density at radius 2 is 1.78 bits per heavy atom. The van der Waals surface area contributed by atoms with Crippen molar-refractivity contribution < 1.29 is 4.74 Å². The molecule has 0 radical (unpaired) electrons. The van der Waals surface area contributed by atoms with Gasteiger partial charge in [0.15, 0.2) is 0 Å². The van der Waals surface area contributed by atoms with Gasteiger partial charge in [0.05, 0.1) is 19.3 Å². The third kappa shape index (κ3) is 2.38. The molecule has 98 valence electrons. The Bertz CT molecular complexity index is 384. The first-order valence-electron chi connectivity index (χ1n) is 6.97. The van der Waals surface area contributed by atoms with Crippen LogP contribution >= 0.6 is 0 Å². The summed E-state index contributed by atoms with van der Waals surface area (Å²) in [6, 6.07) is 9.49. The second-order valence-corrected chi connectivity index (χ2v) is 5.36. The van der Waals surface area contributed by atoms with Gasteiger partial charge in [-0.1, -0.05) is 12.1 Å². The van der Waals surface area contributed by atoms with E-state index < -0.39 is 0 Å². The average molecular weight is 246 g/mol. The summed E-state index contributed by atoms with van der Waals surface area (Å²) in [6.07, 6.45) is 2.67. The molecule has 2 fully saturated rings. The molecule has 0 aromatic heterocycles. The molecule has 2 aliphatic rings. The third-order valence-corrected chi connectivity index (χ3v) is 4.15. The van der Waals surface area contributed by atoms with Crippen LogP contribution in [-0.4, -0.2) is 44.8 Å². The van der Waals surface area contributed by atoms with Crippen LogP contribution in [0, 0.1) is 0 Å². The van der Waals surface area contributed by atoms with Crippen molar-refractivity contribution in [3.8, 4) is 0 Å². The van der Waals surface area contributed by atoms with Crippen molar-refractivity contribution in [3.63, 3.8) is 0 Å². The maximum absolute atomic E-state index is 5.58. The van der Waals surface area contributed by atoms with E-state index in [9.17, 15) is 0 Å².